The number of carbonyl (C=O) groups excluding carboxylic acids is 1. The molecule has 184 valence electrons. The van der Waals surface area contributed by atoms with Crippen molar-refractivity contribution in [3.05, 3.63) is 0 Å². The van der Waals surface area contributed by atoms with Crippen molar-refractivity contribution in [2.75, 3.05) is 7.11 Å². The summed E-state index contributed by atoms with van der Waals surface area (Å²) in [6.45, 7) is 14.9. The van der Waals surface area contributed by atoms with Crippen molar-refractivity contribution in [1.29, 1.82) is 0 Å². The minimum atomic E-state index is -1.59. The first-order valence-corrected chi connectivity index (χ1v) is 17.1. The number of hydrogen-bond acceptors (Lipinski definition) is 3. The number of methoxy groups -OCH3 is 1. The molecule has 4 rings (SSSR count). The zero-order chi connectivity index (χ0) is 23.3. The van der Waals surface area contributed by atoms with Gasteiger partial charge in [0.05, 0.1) is 7.11 Å². The van der Waals surface area contributed by atoms with E-state index in [1.807, 2.05) is 0 Å². The van der Waals surface area contributed by atoms with E-state index in [0.29, 0.717) is 29.3 Å². The van der Waals surface area contributed by atoms with Crippen molar-refractivity contribution in [3.8, 4) is 0 Å². The van der Waals surface area contributed by atoms with E-state index < -0.39 is 8.32 Å². The summed E-state index contributed by atoms with van der Waals surface area (Å²) in [5.74, 6) is 4.56. The molecule has 0 aromatic heterocycles. The smallest absolute Gasteiger partial charge is 0.305 e. The van der Waals surface area contributed by atoms with Crippen LogP contribution in [-0.4, -0.2) is 27.5 Å². The SMILES string of the molecule is COC(=O)CC[C@@H](C)[C@H]1CC[C@H]2[C@@H]3[C@@H](O[Si](C)(C)C)C[C@@H]4CCCC[C@]4(C)[C@H]3CC[C@]12C. The Bertz CT molecular complexity index is 687. The summed E-state index contributed by atoms with van der Waals surface area (Å²) in [5.41, 5.74) is 0.952. The molecule has 0 heterocycles. The molecule has 0 radical (unpaired) electrons. The molecule has 0 aliphatic heterocycles. The molecule has 0 unspecified atom stereocenters. The van der Waals surface area contributed by atoms with E-state index in [4.69, 9.17) is 9.16 Å². The molecular weight excluding hydrogens is 412 g/mol. The molecule has 9 atom stereocenters. The third kappa shape index (κ3) is 4.37. The average Bonchev–Trinajstić information content (AvgIpc) is 3.08. The van der Waals surface area contributed by atoms with E-state index in [1.54, 1.807) is 0 Å². The lowest BCUT2D eigenvalue weighted by Crippen LogP contribution is -2.59. The van der Waals surface area contributed by atoms with Gasteiger partial charge in [-0.1, -0.05) is 33.6 Å². The van der Waals surface area contributed by atoms with Crippen LogP contribution in [0.3, 0.4) is 0 Å². The molecule has 0 bridgehead atoms. The fourth-order valence-electron chi connectivity index (χ4n) is 9.43. The van der Waals surface area contributed by atoms with E-state index in [0.717, 1.165) is 36.0 Å². The van der Waals surface area contributed by atoms with Gasteiger partial charge in [0.1, 0.15) is 0 Å². The predicted molar refractivity (Wildman–Crippen MR) is 134 cm³/mol. The normalized spacial score (nSPS) is 44.8. The van der Waals surface area contributed by atoms with Crippen molar-refractivity contribution < 1.29 is 14.0 Å². The Morgan fingerprint density at radius 3 is 2.41 bits per heavy atom. The molecule has 0 N–H and O–H groups in total. The topological polar surface area (TPSA) is 35.5 Å². The minimum absolute atomic E-state index is 0.0487. The summed E-state index contributed by atoms with van der Waals surface area (Å²) in [6, 6.07) is 0. The third-order valence-electron chi connectivity index (χ3n) is 10.9. The molecule has 0 spiro atoms. The van der Waals surface area contributed by atoms with Gasteiger partial charge < -0.3 is 9.16 Å². The van der Waals surface area contributed by atoms with Gasteiger partial charge in [0, 0.05) is 12.5 Å². The van der Waals surface area contributed by atoms with Crippen molar-refractivity contribution in [1.82, 2.24) is 0 Å². The third-order valence-corrected chi connectivity index (χ3v) is 11.9. The van der Waals surface area contributed by atoms with E-state index in [1.165, 1.54) is 64.9 Å². The lowest BCUT2D eigenvalue weighted by atomic mass is 9.44. The molecule has 32 heavy (non-hydrogen) atoms. The Morgan fingerprint density at radius 1 is 1.00 bits per heavy atom. The molecule has 0 aromatic carbocycles. The number of ether oxygens (including phenoxy) is 1. The summed E-state index contributed by atoms with van der Waals surface area (Å²) in [5, 5.41) is 0. The van der Waals surface area contributed by atoms with Crippen LogP contribution >= 0.6 is 0 Å². The molecule has 4 aliphatic carbocycles. The molecule has 0 saturated heterocycles. The van der Waals surface area contributed by atoms with E-state index in [2.05, 4.69) is 40.4 Å². The Balaban J connectivity index is 1.60. The van der Waals surface area contributed by atoms with E-state index in [-0.39, 0.29) is 5.97 Å². The molecular formula is C28H50O3Si. The Kier molecular flexibility index (Phi) is 6.98. The van der Waals surface area contributed by atoms with Gasteiger partial charge in [0.15, 0.2) is 8.32 Å². The molecule has 4 aliphatic rings. The number of hydrogen-bond donors (Lipinski definition) is 0. The van der Waals surface area contributed by atoms with Gasteiger partial charge in [-0.05, 0) is 117 Å². The van der Waals surface area contributed by atoms with Gasteiger partial charge in [0.2, 0.25) is 0 Å². The van der Waals surface area contributed by atoms with Crippen LogP contribution in [0.5, 0.6) is 0 Å². The van der Waals surface area contributed by atoms with Crippen LogP contribution in [0, 0.1) is 46.3 Å². The fourth-order valence-corrected chi connectivity index (χ4v) is 10.6. The molecule has 3 nitrogen and oxygen atoms in total. The first-order chi connectivity index (χ1) is 15.0. The molecule has 0 aromatic rings. The second-order valence-electron chi connectivity index (χ2n) is 13.6. The summed E-state index contributed by atoms with van der Waals surface area (Å²) in [6.07, 6.45) is 14.6. The monoisotopic (exact) mass is 462 g/mol. The fraction of sp³-hybridized carbons (Fsp3) is 0.964. The molecule has 4 fully saturated rings. The van der Waals surface area contributed by atoms with Crippen LogP contribution in [-0.2, 0) is 14.0 Å². The summed E-state index contributed by atoms with van der Waals surface area (Å²) >= 11 is 0. The quantitative estimate of drug-likeness (QED) is 0.303. The highest BCUT2D eigenvalue weighted by atomic mass is 28.4. The van der Waals surface area contributed by atoms with Gasteiger partial charge in [-0.3, -0.25) is 4.79 Å². The standard InChI is InChI=1S/C28H50O3Si/c1-19(11-14-25(29)30-4)21-12-13-22-26-23(15-17-28(21,22)3)27(2)16-9-8-10-20(27)18-24(26)31-32(5,6)7/h19-24,26H,8-18H2,1-7H3/t19-,20+,21-,22+,23+,24+,26+,27+,28-/m1/s1. The highest BCUT2D eigenvalue weighted by Gasteiger charge is 2.63. The molecule has 4 heteroatoms. The van der Waals surface area contributed by atoms with Gasteiger partial charge in [-0.15, -0.1) is 0 Å². The Hall–Kier alpha value is -0.353. The first-order valence-electron chi connectivity index (χ1n) is 13.7. The van der Waals surface area contributed by atoms with Gasteiger partial charge in [-0.25, -0.2) is 0 Å². The predicted octanol–water partition coefficient (Wildman–Crippen LogP) is 7.45. The zero-order valence-corrected chi connectivity index (χ0v) is 23.0. The maximum Gasteiger partial charge on any atom is 0.305 e. The number of fused-ring (bicyclic) bond motifs is 5. The van der Waals surface area contributed by atoms with Crippen molar-refractivity contribution in [2.24, 2.45) is 46.3 Å². The van der Waals surface area contributed by atoms with E-state index in [9.17, 15) is 4.79 Å². The Morgan fingerprint density at radius 2 is 1.72 bits per heavy atom. The van der Waals surface area contributed by atoms with Crippen LogP contribution in [0.1, 0.15) is 91.4 Å². The average molecular weight is 463 g/mol. The number of carbonyl (C=O) groups is 1. The summed E-state index contributed by atoms with van der Waals surface area (Å²) in [4.78, 5) is 11.8. The number of rotatable bonds is 6. The maximum atomic E-state index is 11.8. The maximum absolute atomic E-state index is 11.8. The minimum Gasteiger partial charge on any atom is -0.469 e. The van der Waals surface area contributed by atoms with Crippen molar-refractivity contribution >= 4 is 14.3 Å². The lowest BCUT2D eigenvalue weighted by Gasteiger charge is -2.63. The van der Waals surface area contributed by atoms with Gasteiger partial charge in [-0.2, -0.15) is 0 Å². The molecule has 4 saturated carbocycles. The highest BCUT2D eigenvalue weighted by Crippen LogP contribution is 2.68. The second-order valence-corrected chi connectivity index (χ2v) is 18.0. The first kappa shape index (κ1) is 24.8. The van der Waals surface area contributed by atoms with E-state index >= 15 is 0 Å². The van der Waals surface area contributed by atoms with Gasteiger partial charge >= 0.3 is 5.97 Å². The second kappa shape index (κ2) is 9.02. The van der Waals surface area contributed by atoms with Gasteiger partial charge in [0.25, 0.3) is 0 Å². The van der Waals surface area contributed by atoms with Crippen molar-refractivity contribution in [3.63, 3.8) is 0 Å². The van der Waals surface area contributed by atoms with Crippen LogP contribution in [0.25, 0.3) is 0 Å². The summed E-state index contributed by atoms with van der Waals surface area (Å²) in [7, 11) is -0.0739. The Labute approximate surface area is 198 Å². The van der Waals surface area contributed by atoms with Crippen LogP contribution in [0.15, 0.2) is 0 Å². The highest BCUT2D eigenvalue weighted by molar-refractivity contribution is 6.69. The lowest BCUT2D eigenvalue weighted by molar-refractivity contribution is -0.160. The van der Waals surface area contributed by atoms with Crippen LogP contribution in [0.4, 0.5) is 0 Å². The summed E-state index contributed by atoms with van der Waals surface area (Å²) < 4.78 is 12.0. The molecule has 0 amide bonds. The largest absolute Gasteiger partial charge is 0.469 e. The van der Waals surface area contributed by atoms with Crippen molar-refractivity contribution in [2.45, 2.75) is 117 Å². The van der Waals surface area contributed by atoms with Crippen LogP contribution < -0.4 is 0 Å². The zero-order valence-electron chi connectivity index (χ0n) is 22.0. The number of esters is 1. The van der Waals surface area contributed by atoms with Crippen LogP contribution in [0.2, 0.25) is 19.6 Å².